The summed E-state index contributed by atoms with van der Waals surface area (Å²) in [6.07, 6.45) is -3.87. The molecule has 0 saturated carbocycles. The van der Waals surface area contributed by atoms with Crippen LogP contribution in [0.1, 0.15) is 55.8 Å². The molecule has 1 aliphatic rings. The van der Waals surface area contributed by atoms with Gasteiger partial charge in [-0.3, -0.25) is 4.90 Å². The number of aliphatic hydroxyl groups excluding tert-OH is 1. The Kier molecular flexibility index (Phi) is 9.11. The molecule has 1 N–H and O–H groups in total. The summed E-state index contributed by atoms with van der Waals surface area (Å²) < 4.78 is 47.7. The van der Waals surface area contributed by atoms with Crippen LogP contribution in [0.2, 0.25) is 0 Å². The standard InChI is InChI=1S/C26H30BrF3N6O3/c1-3-20-15-23(21-14-18(26(28,29)30)9-10-22(21)36(20)25(38)39-4-2)34(16-17-7-5-8-19(27)13-17)24-31-33-35(32-24)11-6-12-37/h5,7-10,13-14,20,23,37H,3-4,6,11-12,15-16H2,1-2H3/t20-,23+/m1/s1. The quantitative estimate of drug-likeness (QED) is 0.330. The monoisotopic (exact) mass is 610 g/mol. The highest BCUT2D eigenvalue weighted by Crippen LogP contribution is 2.45. The summed E-state index contributed by atoms with van der Waals surface area (Å²) in [5.41, 5.74) is 0.748. The van der Waals surface area contributed by atoms with Crippen molar-refractivity contribution in [3.05, 3.63) is 63.6 Å². The minimum Gasteiger partial charge on any atom is -0.449 e. The van der Waals surface area contributed by atoms with Crippen molar-refractivity contribution in [1.29, 1.82) is 0 Å². The van der Waals surface area contributed by atoms with Crippen molar-refractivity contribution < 1.29 is 27.8 Å². The van der Waals surface area contributed by atoms with Gasteiger partial charge in [-0.25, -0.2) is 4.79 Å². The first-order valence-electron chi connectivity index (χ1n) is 12.7. The Morgan fingerprint density at radius 2 is 2.03 bits per heavy atom. The van der Waals surface area contributed by atoms with Crippen LogP contribution in [0.3, 0.4) is 0 Å². The number of nitrogens with zero attached hydrogens (tertiary/aromatic N) is 6. The number of carbonyl (C=O) groups is 1. The summed E-state index contributed by atoms with van der Waals surface area (Å²) in [6.45, 7) is 4.32. The number of halogens is 4. The first kappa shape index (κ1) is 28.8. The highest BCUT2D eigenvalue weighted by atomic mass is 79.9. The molecule has 1 aliphatic heterocycles. The molecule has 3 aromatic rings. The Balaban J connectivity index is 1.86. The lowest BCUT2D eigenvalue weighted by Gasteiger charge is -2.43. The van der Waals surface area contributed by atoms with Gasteiger partial charge in [0.1, 0.15) is 0 Å². The van der Waals surface area contributed by atoms with E-state index in [2.05, 4.69) is 31.3 Å². The molecule has 0 unspecified atom stereocenters. The van der Waals surface area contributed by atoms with Crippen LogP contribution in [0.15, 0.2) is 46.9 Å². The van der Waals surface area contributed by atoms with Crippen LogP contribution in [-0.4, -0.2) is 50.7 Å². The van der Waals surface area contributed by atoms with Gasteiger partial charge in [0.15, 0.2) is 0 Å². The second-order valence-electron chi connectivity index (χ2n) is 9.17. The number of carbonyl (C=O) groups excluding carboxylic acids is 1. The molecule has 2 aromatic carbocycles. The van der Waals surface area contributed by atoms with Gasteiger partial charge in [0.25, 0.3) is 5.95 Å². The normalized spacial score (nSPS) is 17.2. The van der Waals surface area contributed by atoms with E-state index < -0.39 is 23.9 Å². The Hall–Kier alpha value is -3.19. The molecule has 0 radical (unpaired) electrons. The maximum atomic E-state index is 13.9. The number of aromatic nitrogens is 4. The van der Waals surface area contributed by atoms with Gasteiger partial charge in [-0.05, 0) is 72.9 Å². The maximum absolute atomic E-state index is 13.9. The lowest BCUT2D eigenvalue weighted by atomic mass is 9.87. The van der Waals surface area contributed by atoms with Gasteiger partial charge in [-0.1, -0.05) is 40.1 Å². The van der Waals surface area contributed by atoms with E-state index in [1.807, 2.05) is 36.1 Å². The van der Waals surface area contributed by atoms with E-state index >= 15 is 0 Å². The number of anilines is 2. The number of aryl methyl sites for hydroxylation is 1. The zero-order chi connectivity index (χ0) is 28.2. The van der Waals surface area contributed by atoms with Crippen molar-refractivity contribution in [2.75, 3.05) is 23.0 Å². The Morgan fingerprint density at radius 1 is 1.23 bits per heavy atom. The minimum absolute atomic E-state index is 0.0449. The molecule has 0 aliphatic carbocycles. The minimum atomic E-state index is -4.57. The molecule has 2 heterocycles. The molecular weight excluding hydrogens is 581 g/mol. The van der Waals surface area contributed by atoms with Gasteiger partial charge in [0.2, 0.25) is 0 Å². The van der Waals surface area contributed by atoms with Crippen LogP contribution in [0, 0.1) is 0 Å². The predicted molar refractivity (Wildman–Crippen MR) is 142 cm³/mol. The first-order valence-corrected chi connectivity index (χ1v) is 13.5. The fourth-order valence-electron chi connectivity index (χ4n) is 4.80. The van der Waals surface area contributed by atoms with E-state index in [9.17, 15) is 23.1 Å². The van der Waals surface area contributed by atoms with Crippen molar-refractivity contribution in [3.8, 4) is 0 Å². The van der Waals surface area contributed by atoms with Crippen molar-refractivity contribution in [2.45, 2.75) is 64.5 Å². The molecule has 0 spiro atoms. The molecule has 0 fully saturated rings. The van der Waals surface area contributed by atoms with Gasteiger partial charge >= 0.3 is 12.3 Å². The lowest BCUT2D eigenvalue weighted by molar-refractivity contribution is -0.137. The van der Waals surface area contributed by atoms with Crippen molar-refractivity contribution in [2.24, 2.45) is 0 Å². The number of hydrogen-bond donors (Lipinski definition) is 1. The van der Waals surface area contributed by atoms with E-state index in [1.54, 1.807) is 6.92 Å². The maximum Gasteiger partial charge on any atom is 0.416 e. The summed E-state index contributed by atoms with van der Waals surface area (Å²) in [5, 5.41) is 22.0. The third kappa shape index (κ3) is 6.52. The lowest BCUT2D eigenvalue weighted by Crippen LogP contribution is -2.48. The summed E-state index contributed by atoms with van der Waals surface area (Å²) in [7, 11) is 0. The number of amides is 1. The average molecular weight is 611 g/mol. The first-order chi connectivity index (χ1) is 18.7. The molecule has 0 bridgehead atoms. The van der Waals surface area contributed by atoms with Gasteiger partial charge in [0.05, 0.1) is 30.4 Å². The zero-order valence-electron chi connectivity index (χ0n) is 21.6. The van der Waals surface area contributed by atoms with Crippen molar-refractivity contribution >= 4 is 33.7 Å². The van der Waals surface area contributed by atoms with Crippen molar-refractivity contribution in [1.82, 2.24) is 20.2 Å². The largest absolute Gasteiger partial charge is 0.449 e. The Bertz CT molecular complexity index is 1290. The molecule has 13 heteroatoms. The third-order valence-corrected chi connectivity index (χ3v) is 7.10. The molecule has 1 amide bonds. The van der Waals surface area contributed by atoms with Crippen molar-refractivity contribution in [3.63, 3.8) is 0 Å². The topological polar surface area (TPSA) is 96.6 Å². The fourth-order valence-corrected chi connectivity index (χ4v) is 5.24. The number of tetrazole rings is 1. The highest BCUT2D eigenvalue weighted by molar-refractivity contribution is 9.10. The van der Waals surface area contributed by atoms with Gasteiger partial charge < -0.3 is 14.7 Å². The summed E-state index contributed by atoms with van der Waals surface area (Å²) in [5.74, 6) is 0.237. The fraction of sp³-hybridized carbons (Fsp3) is 0.462. The van der Waals surface area contributed by atoms with E-state index in [0.717, 1.165) is 22.2 Å². The summed E-state index contributed by atoms with van der Waals surface area (Å²) in [6, 6.07) is 10.1. The van der Waals surface area contributed by atoms with Crippen LogP contribution in [0.5, 0.6) is 0 Å². The number of fused-ring (bicyclic) bond motifs is 1. The molecule has 9 nitrogen and oxygen atoms in total. The smallest absolute Gasteiger partial charge is 0.416 e. The number of hydrogen-bond acceptors (Lipinski definition) is 7. The van der Waals surface area contributed by atoms with Gasteiger partial charge in [0, 0.05) is 23.7 Å². The van der Waals surface area contributed by atoms with Crippen LogP contribution in [0.25, 0.3) is 0 Å². The van der Waals surface area contributed by atoms with E-state index in [1.165, 1.54) is 15.8 Å². The number of rotatable bonds is 9. The number of ether oxygens (including phenoxy) is 1. The number of aliphatic hydroxyl groups is 1. The molecule has 39 heavy (non-hydrogen) atoms. The molecular formula is C26H30BrF3N6O3. The van der Waals surface area contributed by atoms with E-state index in [4.69, 9.17) is 4.74 Å². The van der Waals surface area contributed by atoms with Crippen LogP contribution in [0.4, 0.5) is 29.6 Å². The van der Waals surface area contributed by atoms with E-state index in [0.29, 0.717) is 37.1 Å². The van der Waals surface area contributed by atoms with Gasteiger partial charge in [-0.2, -0.15) is 18.0 Å². The van der Waals surface area contributed by atoms with Crippen LogP contribution >= 0.6 is 15.9 Å². The van der Waals surface area contributed by atoms with E-state index in [-0.39, 0.29) is 31.7 Å². The molecule has 0 saturated heterocycles. The highest BCUT2D eigenvalue weighted by Gasteiger charge is 2.41. The molecule has 2 atom stereocenters. The van der Waals surface area contributed by atoms with Gasteiger partial charge in [-0.15, -0.1) is 5.10 Å². The second-order valence-corrected chi connectivity index (χ2v) is 10.1. The average Bonchev–Trinajstić information content (AvgIpc) is 3.37. The Morgan fingerprint density at radius 3 is 2.69 bits per heavy atom. The summed E-state index contributed by atoms with van der Waals surface area (Å²) in [4.78, 5) is 17.6. The molecule has 1 aromatic heterocycles. The predicted octanol–water partition coefficient (Wildman–Crippen LogP) is 5.73. The summed E-state index contributed by atoms with van der Waals surface area (Å²) >= 11 is 3.48. The SMILES string of the molecule is CCOC(=O)N1c2ccc(C(F)(F)F)cc2[C@@H](N(Cc2cccc(Br)c2)c2nnn(CCCO)n2)C[C@H]1CC. The van der Waals surface area contributed by atoms with Crippen LogP contribution in [-0.2, 0) is 24.0 Å². The Labute approximate surface area is 232 Å². The number of benzene rings is 2. The second kappa shape index (κ2) is 12.3. The molecule has 4 rings (SSSR count). The zero-order valence-corrected chi connectivity index (χ0v) is 23.2. The molecule has 210 valence electrons. The third-order valence-electron chi connectivity index (χ3n) is 6.60. The number of alkyl halides is 3. The van der Waals surface area contributed by atoms with Crippen LogP contribution < -0.4 is 9.80 Å².